The van der Waals surface area contributed by atoms with Gasteiger partial charge in [0.15, 0.2) is 5.96 Å². The van der Waals surface area contributed by atoms with Crippen LogP contribution in [0.15, 0.2) is 0 Å². The van der Waals surface area contributed by atoms with Crippen molar-refractivity contribution in [2.45, 2.75) is 13.8 Å². The third kappa shape index (κ3) is 34800. The van der Waals surface area contributed by atoms with Crippen molar-refractivity contribution in [3.8, 4) is 0 Å². The Bertz CT molecular complexity index is 125. The summed E-state index contributed by atoms with van der Waals surface area (Å²) in [5.41, 5.74) is 8.94. The van der Waals surface area contributed by atoms with Crippen molar-refractivity contribution in [3.05, 3.63) is 0 Å². The minimum absolute atomic E-state index is 0. The zero-order chi connectivity index (χ0) is 10.7. The summed E-state index contributed by atoms with van der Waals surface area (Å²) in [6.45, 7) is 1.94. The maximum atomic E-state index is 8.89. The average Bonchev–Trinajstić information content (AvgIpc) is 1.54. The summed E-state index contributed by atoms with van der Waals surface area (Å²) in [6, 6.07) is 0. The topological polar surface area (TPSA) is 156 Å². The molecule has 0 amide bonds. The van der Waals surface area contributed by atoms with Crippen molar-refractivity contribution in [2.24, 2.45) is 11.5 Å². The number of guanidine groups is 1. The smallest absolute Gasteiger partial charge is 0.550 e. The maximum Gasteiger partial charge on any atom is 1.00 e. The second-order valence-corrected chi connectivity index (χ2v) is 1.44. The first-order valence-electron chi connectivity index (χ1n) is 2.64. The first-order valence-corrected chi connectivity index (χ1v) is 2.64. The van der Waals surface area contributed by atoms with E-state index in [9.17, 15) is 0 Å². The molecule has 0 aliphatic heterocycles. The molecule has 0 rings (SSSR count). The largest absolute Gasteiger partial charge is 1.00 e. The van der Waals surface area contributed by atoms with Gasteiger partial charge in [0.1, 0.15) is 0 Å². The maximum absolute atomic E-state index is 8.89. The van der Waals surface area contributed by atoms with Crippen molar-refractivity contribution in [3.63, 3.8) is 0 Å². The molecule has 72 valence electrons. The number of carbonyl (C=O) groups excluding carboxylic acids is 2. The minimum atomic E-state index is -1.08. The number of rotatable bonds is 0. The van der Waals surface area contributed by atoms with Crippen LogP contribution < -0.4 is 80.8 Å². The van der Waals surface area contributed by atoms with Gasteiger partial charge in [-0.15, -0.1) is 0 Å². The van der Waals surface area contributed by atoms with Crippen LogP contribution in [0.1, 0.15) is 13.8 Å². The summed E-state index contributed by atoms with van der Waals surface area (Å²) >= 11 is 0. The molecule has 0 unspecified atom stereocenters. The van der Waals surface area contributed by atoms with Gasteiger partial charge in [-0.05, 0) is 13.8 Å². The molecule has 7 nitrogen and oxygen atoms in total. The summed E-state index contributed by atoms with van der Waals surface area (Å²) in [7, 11) is 0. The standard InChI is InChI=1S/2C2H4O2.CH5N3.2Na/c2*1-2(3)4;2-1(3)4;;/h2*1H3,(H,3,4);(H5,2,3,4);;/q;;;2*+1/p-2. The first-order chi connectivity index (χ1) is 5.20. The molecular weight excluding hydrogens is 212 g/mol. The number of nitrogens with one attached hydrogen (secondary N) is 1. The van der Waals surface area contributed by atoms with E-state index in [1.54, 1.807) is 0 Å². The Morgan fingerprint density at radius 3 is 1.00 bits per heavy atom. The predicted octanol–water partition coefficient (Wildman–Crippen LogP) is -9.64. The third-order valence-electron chi connectivity index (χ3n) is 0. The van der Waals surface area contributed by atoms with E-state index in [0.29, 0.717) is 0 Å². The van der Waals surface area contributed by atoms with Crippen molar-refractivity contribution in [2.75, 3.05) is 0 Å². The second kappa shape index (κ2) is 23.2. The fourth-order valence-electron chi connectivity index (χ4n) is 0. The molecule has 0 bridgehead atoms. The van der Waals surface area contributed by atoms with Crippen molar-refractivity contribution >= 4 is 17.9 Å². The molecule has 0 heterocycles. The number of hydrogen-bond donors (Lipinski definition) is 3. The van der Waals surface area contributed by atoms with E-state index in [2.05, 4.69) is 11.5 Å². The molecule has 0 aromatic heterocycles. The van der Waals surface area contributed by atoms with Gasteiger partial charge in [-0.25, -0.2) is 0 Å². The molecular formula is C5H11N3Na2O4. The summed E-state index contributed by atoms with van der Waals surface area (Å²) in [5, 5.41) is 23.8. The van der Waals surface area contributed by atoms with Crippen molar-refractivity contribution in [1.29, 1.82) is 5.41 Å². The predicted molar refractivity (Wildman–Crippen MR) is 37.5 cm³/mol. The Labute approximate surface area is 126 Å². The van der Waals surface area contributed by atoms with E-state index in [1.807, 2.05) is 0 Å². The van der Waals surface area contributed by atoms with Gasteiger partial charge in [0.25, 0.3) is 0 Å². The summed E-state index contributed by atoms with van der Waals surface area (Å²) < 4.78 is 0. The third-order valence-corrected chi connectivity index (χ3v) is 0. The molecule has 0 fully saturated rings. The van der Waals surface area contributed by atoms with Crippen LogP contribution in [0.2, 0.25) is 0 Å². The number of carbonyl (C=O) groups is 2. The Morgan fingerprint density at radius 1 is 1.00 bits per heavy atom. The van der Waals surface area contributed by atoms with Crippen LogP contribution in [0.5, 0.6) is 0 Å². The molecule has 0 atom stereocenters. The fraction of sp³-hybridized carbons (Fsp3) is 0.400. The second-order valence-electron chi connectivity index (χ2n) is 1.44. The van der Waals surface area contributed by atoms with Crippen LogP contribution in [0, 0.1) is 5.41 Å². The normalized spacial score (nSPS) is 5.29. The van der Waals surface area contributed by atoms with Crippen LogP contribution in [0.3, 0.4) is 0 Å². The molecule has 0 spiro atoms. The zero-order valence-electron chi connectivity index (χ0n) is 8.79. The van der Waals surface area contributed by atoms with Gasteiger partial charge in [0, 0.05) is 11.9 Å². The average molecular weight is 223 g/mol. The van der Waals surface area contributed by atoms with Crippen LogP contribution in [-0.2, 0) is 9.59 Å². The molecule has 0 saturated heterocycles. The van der Waals surface area contributed by atoms with E-state index in [1.165, 1.54) is 0 Å². The van der Waals surface area contributed by atoms with Crippen molar-refractivity contribution < 1.29 is 78.9 Å². The van der Waals surface area contributed by atoms with Crippen LogP contribution in [0.25, 0.3) is 0 Å². The number of aliphatic carboxylic acids is 2. The van der Waals surface area contributed by atoms with Gasteiger partial charge in [0.2, 0.25) is 0 Å². The molecule has 5 N–H and O–H groups in total. The van der Waals surface area contributed by atoms with Crippen LogP contribution >= 0.6 is 0 Å². The molecule has 0 aliphatic rings. The zero-order valence-corrected chi connectivity index (χ0v) is 12.8. The molecule has 0 aromatic rings. The van der Waals surface area contributed by atoms with Crippen LogP contribution in [0.4, 0.5) is 0 Å². The summed E-state index contributed by atoms with van der Waals surface area (Å²) in [4.78, 5) is 17.8. The Kier molecular flexibility index (Phi) is 48.5. The number of hydrogen-bond acceptors (Lipinski definition) is 5. The Hall–Kier alpha value is 0.210. The molecule has 14 heavy (non-hydrogen) atoms. The van der Waals surface area contributed by atoms with Crippen LogP contribution in [-0.4, -0.2) is 17.9 Å². The molecule has 0 aliphatic carbocycles. The fourth-order valence-corrected chi connectivity index (χ4v) is 0. The Morgan fingerprint density at radius 2 is 1.00 bits per heavy atom. The quantitative estimate of drug-likeness (QED) is 0.210. The van der Waals surface area contributed by atoms with Gasteiger partial charge in [-0.2, -0.15) is 0 Å². The van der Waals surface area contributed by atoms with E-state index < -0.39 is 11.9 Å². The SMILES string of the molecule is CC(=O)[O-].CC(=O)[O-].N=C(N)N.[Na+].[Na+]. The first kappa shape index (κ1) is 29.2. The van der Waals surface area contributed by atoms with E-state index in [4.69, 9.17) is 25.2 Å². The molecule has 9 heteroatoms. The van der Waals surface area contributed by atoms with Gasteiger partial charge in [0.05, 0.1) is 0 Å². The molecule has 0 saturated carbocycles. The molecule has 0 radical (unpaired) electrons. The monoisotopic (exact) mass is 223 g/mol. The van der Waals surface area contributed by atoms with E-state index >= 15 is 0 Å². The Balaban J connectivity index is -0.0000000270. The number of carboxylic acid groups (broad SMARTS) is 2. The summed E-state index contributed by atoms with van der Waals surface area (Å²) in [5.74, 6) is -2.50. The number of carboxylic acids is 2. The number of nitrogens with two attached hydrogens (primary N) is 2. The van der Waals surface area contributed by atoms with E-state index in [0.717, 1.165) is 13.8 Å². The van der Waals surface area contributed by atoms with Gasteiger partial charge < -0.3 is 31.3 Å². The van der Waals surface area contributed by atoms with Gasteiger partial charge in [-0.3, -0.25) is 5.41 Å². The van der Waals surface area contributed by atoms with Crippen molar-refractivity contribution in [1.82, 2.24) is 0 Å². The minimum Gasteiger partial charge on any atom is -0.550 e. The summed E-state index contributed by atoms with van der Waals surface area (Å²) in [6.07, 6.45) is 0. The van der Waals surface area contributed by atoms with E-state index in [-0.39, 0.29) is 65.1 Å². The van der Waals surface area contributed by atoms with Gasteiger partial charge in [-0.1, -0.05) is 0 Å². The van der Waals surface area contributed by atoms with Gasteiger partial charge >= 0.3 is 59.1 Å². The molecule has 0 aromatic carbocycles.